The fourth-order valence-corrected chi connectivity index (χ4v) is 2.95. The number of ether oxygens (including phenoxy) is 1. The van der Waals surface area contributed by atoms with E-state index < -0.39 is 0 Å². The Balaban J connectivity index is 2.13. The molecule has 2 N–H and O–H groups in total. The number of nitrogens with two attached hydrogens (primary N) is 1. The van der Waals surface area contributed by atoms with Gasteiger partial charge in [-0.15, -0.1) is 0 Å². The van der Waals surface area contributed by atoms with Crippen LogP contribution >= 0.6 is 0 Å². The van der Waals surface area contributed by atoms with Crippen molar-refractivity contribution in [3.05, 3.63) is 35.4 Å². The van der Waals surface area contributed by atoms with Crippen molar-refractivity contribution >= 4 is 0 Å². The molecule has 2 rings (SSSR count). The average Bonchev–Trinajstić information content (AvgIpc) is 2.85. The lowest BCUT2D eigenvalue weighted by molar-refractivity contribution is 0.0813. The zero-order valence-corrected chi connectivity index (χ0v) is 12.6. The van der Waals surface area contributed by atoms with Gasteiger partial charge in [0.05, 0.1) is 6.10 Å². The van der Waals surface area contributed by atoms with E-state index in [2.05, 4.69) is 52.0 Å². The maximum absolute atomic E-state index is 6.45. The highest BCUT2D eigenvalue weighted by atomic mass is 16.5. The molecule has 1 aliphatic rings. The van der Waals surface area contributed by atoms with Crippen molar-refractivity contribution in [1.29, 1.82) is 0 Å². The highest BCUT2D eigenvalue weighted by Gasteiger charge is 2.32. The van der Waals surface area contributed by atoms with Crippen molar-refractivity contribution in [2.45, 2.75) is 58.1 Å². The Kier molecular flexibility index (Phi) is 4.32. The van der Waals surface area contributed by atoms with Gasteiger partial charge < -0.3 is 10.5 Å². The molecule has 0 aliphatic carbocycles. The maximum Gasteiger partial charge on any atom is 0.0619 e. The number of rotatable bonds is 3. The molecule has 1 aromatic rings. The van der Waals surface area contributed by atoms with Crippen molar-refractivity contribution in [2.75, 3.05) is 6.61 Å². The van der Waals surface area contributed by atoms with Gasteiger partial charge in [0.25, 0.3) is 0 Å². The van der Waals surface area contributed by atoms with E-state index in [9.17, 15) is 0 Å². The summed E-state index contributed by atoms with van der Waals surface area (Å²) in [5, 5.41) is 0. The van der Waals surface area contributed by atoms with E-state index >= 15 is 0 Å². The molecular formula is C17H27NO. The van der Waals surface area contributed by atoms with E-state index in [1.54, 1.807) is 0 Å². The maximum atomic E-state index is 6.45. The fraction of sp³-hybridized carbons (Fsp3) is 0.647. The van der Waals surface area contributed by atoms with Crippen molar-refractivity contribution in [1.82, 2.24) is 0 Å². The molecule has 1 fully saturated rings. The first-order chi connectivity index (χ1) is 8.93. The second kappa shape index (κ2) is 5.64. The normalized spacial score (nSPS) is 25.5. The molecular weight excluding hydrogens is 234 g/mol. The molecule has 3 atom stereocenters. The Hall–Kier alpha value is -0.860. The first-order valence-corrected chi connectivity index (χ1v) is 7.41. The van der Waals surface area contributed by atoms with Crippen LogP contribution in [0.4, 0.5) is 0 Å². The van der Waals surface area contributed by atoms with Crippen molar-refractivity contribution < 1.29 is 4.74 Å². The molecule has 106 valence electrons. The van der Waals surface area contributed by atoms with Gasteiger partial charge in [0.1, 0.15) is 0 Å². The summed E-state index contributed by atoms with van der Waals surface area (Å²) < 4.78 is 5.76. The van der Waals surface area contributed by atoms with Crippen LogP contribution in [-0.2, 0) is 10.2 Å². The van der Waals surface area contributed by atoms with Crippen molar-refractivity contribution in [2.24, 2.45) is 11.7 Å². The number of hydrogen-bond donors (Lipinski definition) is 1. The van der Waals surface area contributed by atoms with E-state index in [0.29, 0.717) is 12.0 Å². The standard InChI is InChI=1S/C17H27NO/c1-5-15-14(10-11-19-15)16(18)12-6-8-13(9-7-12)17(2,3)4/h6-9,14-16H,5,10-11,18H2,1-4H3. The minimum atomic E-state index is 0.0986. The Labute approximate surface area is 117 Å². The molecule has 2 nitrogen and oxygen atoms in total. The molecule has 19 heavy (non-hydrogen) atoms. The zero-order chi connectivity index (χ0) is 14.0. The van der Waals surface area contributed by atoms with Gasteiger partial charge in [0, 0.05) is 18.6 Å². The first-order valence-electron chi connectivity index (χ1n) is 7.41. The zero-order valence-electron chi connectivity index (χ0n) is 12.6. The second-order valence-electron chi connectivity index (χ2n) is 6.67. The lowest BCUT2D eigenvalue weighted by Crippen LogP contribution is -2.28. The lowest BCUT2D eigenvalue weighted by atomic mass is 9.83. The SMILES string of the molecule is CCC1OCCC1C(N)c1ccc(C(C)(C)C)cc1. The summed E-state index contributed by atoms with van der Waals surface area (Å²) in [6.07, 6.45) is 2.47. The van der Waals surface area contributed by atoms with Crippen LogP contribution < -0.4 is 5.73 Å². The number of hydrogen-bond acceptors (Lipinski definition) is 2. The Morgan fingerprint density at radius 1 is 1.26 bits per heavy atom. The van der Waals surface area contributed by atoms with Gasteiger partial charge in [-0.25, -0.2) is 0 Å². The van der Waals surface area contributed by atoms with Gasteiger partial charge in [-0.3, -0.25) is 0 Å². The quantitative estimate of drug-likeness (QED) is 0.898. The molecule has 0 aromatic heterocycles. The van der Waals surface area contributed by atoms with Gasteiger partial charge in [-0.2, -0.15) is 0 Å². The summed E-state index contributed by atoms with van der Waals surface area (Å²) >= 11 is 0. The Morgan fingerprint density at radius 3 is 2.42 bits per heavy atom. The predicted molar refractivity (Wildman–Crippen MR) is 80.2 cm³/mol. The van der Waals surface area contributed by atoms with Crippen LogP contribution in [0.5, 0.6) is 0 Å². The molecule has 0 bridgehead atoms. The third-order valence-corrected chi connectivity index (χ3v) is 4.29. The van der Waals surface area contributed by atoms with E-state index in [1.807, 2.05) is 0 Å². The molecule has 0 amide bonds. The summed E-state index contributed by atoms with van der Waals surface area (Å²) in [4.78, 5) is 0. The molecule has 1 aliphatic heterocycles. The van der Waals surface area contributed by atoms with Crippen LogP contribution in [0.25, 0.3) is 0 Å². The highest BCUT2D eigenvalue weighted by Crippen LogP contribution is 2.34. The summed E-state index contributed by atoms with van der Waals surface area (Å²) in [6.45, 7) is 9.74. The van der Waals surface area contributed by atoms with Crippen LogP contribution in [0.2, 0.25) is 0 Å². The highest BCUT2D eigenvalue weighted by molar-refractivity contribution is 5.29. The summed E-state index contributed by atoms with van der Waals surface area (Å²) in [5.41, 5.74) is 9.24. The van der Waals surface area contributed by atoms with E-state index in [1.165, 1.54) is 11.1 Å². The molecule has 2 heteroatoms. The Bertz CT molecular complexity index is 404. The van der Waals surface area contributed by atoms with Crippen LogP contribution in [0.1, 0.15) is 57.7 Å². The smallest absolute Gasteiger partial charge is 0.0619 e. The van der Waals surface area contributed by atoms with Gasteiger partial charge in [-0.05, 0) is 29.4 Å². The second-order valence-corrected chi connectivity index (χ2v) is 6.67. The molecule has 3 unspecified atom stereocenters. The minimum absolute atomic E-state index is 0.0986. The van der Waals surface area contributed by atoms with E-state index in [-0.39, 0.29) is 11.5 Å². The number of benzene rings is 1. The predicted octanol–water partition coefficient (Wildman–Crippen LogP) is 3.80. The van der Waals surface area contributed by atoms with Gasteiger partial charge >= 0.3 is 0 Å². The lowest BCUT2D eigenvalue weighted by Gasteiger charge is -2.25. The molecule has 0 spiro atoms. The molecule has 1 heterocycles. The third-order valence-electron chi connectivity index (χ3n) is 4.29. The Morgan fingerprint density at radius 2 is 1.89 bits per heavy atom. The largest absolute Gasteiger partial charge is 0.378 e. The van der Waals surface area contributed by atoms with Gasteiger partial charge in [0.2, 0.25) is 0 Å². The topological polar surface area (TPSA) is 35.2 Å². The van der Waals surface area contributed by atoms with Crippen molar-refractivity contribution in [3.8, 4) is 0 Å². The van der Waals surface area contributed by atoms with Gasteiger partial charge in [0.15, 0.2) is 0 Å². The summed E-state index contributed by atoms with van der Waals surface area (Å²) in [6, 6.07) is 8.91. The fourth-order valence-electron chi connectivity index (χ4n) is 2.95. The van der Waals surface area contributed by atoms with Crippen LogP contribution in [-0.4, -0.2) is 12.7 Å². The molecule has 0 radical (unpaired) electrons. The van der Waals surface area contributed by atoms with E-state index in [4.69, 9.17) is 10.5 Å². The van der Waals surface area contributed by atoms with Gasteiger partial charge in [-0.1, -0.05) is 52.0 Å². The summed E-state index contributed by atoms with van der Waals surface area (Å²) in [5.74, 6) is 0.463. The third kappa shape index (κ3) is 3.18. The van der Waals surface area contributed by atoms with Crippen LogP contribution in [0.15, 0.2) is 24.3 Å². The van der Waals surface area contributed by atoms with E-state index in [0.717, 1.165) is 19.4 Å². The average molecular weight is 261 g/mol. The molecule has 1 aromatic carbocycles. The molecule has 1 saturated heterocycles. The van der Waals surface area contributed by atoms with Crippen LogP contribution in [0.3, 0.4) is 0 Å². The first kappa shape index (κ1) is 14.5. The van der Waals surface area contributed by atoms with Crippen LogP contribution in [0, 0.1) is 5.92 Å². The summed E-state index contributed by atoms with van der Waals surface area (Å²) in [7, 11) is 0. The van der Waals surface area contributed by atoms with Crippen molar-refractivity contribution in [3.63, 3.8) is 0 Å². The minimum Gasteiger partial charge on any atom is -0.378 e. The molecule has 0 saturated carbocycles. The monoisotopic (exact) mass is 261 g/mol.